The highest BCUT2D eigenvalue weighted by molar-refractivity contribution is 5.19. The lowest BCUT2D eigenvalue weighted by atomic mass is 9.99. The van der Waals surface area contributed by atoms with Gasteiger partial charge < -0.3 is 0 Å². The molecule has 1 unspecified atom stereocenters. The summed E-state index contributed by atoms with van der Waals surface area (Å²) < 4.78 is 12.7. The Hall–Kier alpha value is -1.11. The van der Waals surface area contributed by atoms with Crippen LogP contribution in [0.25, 0.3) is 0 Å². The van der Waals surface area contributed by atoms with E-state index >= 15 is 0 Å². The van der Waals surface area contributed by atoms with Gasteiger partial charge in [0, 0.05) is 0 Å². The maximum Gasteiger partial charge on any atom is 0.123 e. The summed E-state index contributed by atoms with van der Waals surface area (Å²) in [7, 11) is 0. The third-order valence-electron chi connectivity index (χ3n) is 2.53. The average Bonchev–Trinajstić information content (AvgIpc) is 2.40. The summed E-state index contributed by atoms with van der Waals surface area (Å²) in [6.45, 7) is 14.6. The molecule has 0 bridgehead atoms. The van der Waals surface area contributed by atoms with Crippen molar-refractivity contribution in [2.75, 3.05) is 0 Å². The molecular formula is C16H27F. The summed E-state index contributed by atoms with van der Waals surface area (Å²) in [6, 6.07) is 6.81. The SMILES string of the molecule is C=C.CCC(C)c1cccc(F)c1.CCCC. The number of halogens is 1. The lowest BCUT2D eigenvalue weighted by molar-refractivity contribution is 0.619. The molecule has 1 rings (SSSR count). The smallest absolute Gasteiger partial charge is 0.123 e. The summed E-state index contributed by atoms with van der Waals surface area (Å²) >= 11 is 0. The van der Waals surface area contributed by atoms with Crippen LogP contribution in [0.1, 0.15) is 58.4 Å². The van der Waals surface area contributed by atoms with Crippen molar-refractivity contribution in [3.8, 4) is 0 Å². The first kappa shape index (κ1) is 18.3. The molecule has 0 aliphatic carbocycles. The molecule has 0 amide bonds. The van der Waals surface area contributed by atoms with E-state index in [0.29, 0.717) is 5.92 Å². The van der Waals surface area contributed by atoms with Gasteiger partial charge in [-0.3, -0.25) is 0 Å². The van der Waals surface area contributed by atoms with Crippen molar-refractivity contribution in [2.24, 2.45) is 0 Å². The predicted octanol–water partition coefficient (Wildman–Crippen LogP) is 5.95. The van der Waals surface area contributed by atoms with E-state index in [1.165, 1.54) is 18.9 Å². The minimum atomic E-state index is -0.136. The molecule has 0 N–H and O–H groups in total. The Morgan fingerprint density at radius 1 is 1.12 bits per heavy atom. The number of hydrogen-bond donors (Lipinski definition) is 0. The van der Waals surface area contributed by atoms with Crippen molar-refractivity contribution in [3.63, 3.8) is 0 Å². The van der Waals surface area contributed by atoms with Crippen LogP contribution >= 0.6 is 0 Å². The van der Waals surface area contributed by atoms with Gasteiger partial charge in [0.05, 0.1) is 0 Å². The first-order valence-corrected chi connectivity index (χ1v) is 6.41. The fourth-order valence-electron chi connectivity index (χ4n) is 1.05. The zero-order valence-electron chi connectivity index (χ0n) is 11.8. The van der Waals surface area contributed by atoms with E-state index in [4.69, 9.17) is 0 Å². The normalized spacial score (nSPS) is 10.4. The Labute approximate surface area is 107 Å². The molecular weight excluding hydrogens is 211 g/mol. The lowest BCUT2D eigenvalue weighted by Gasteiger charge is -2.07. The van der Waals surface area contributed by atoms with E-state index in [2.05, 4.69) is 40.9 Å². The molecule has 1 aromatic rings. The van der Waals surface area contributed by atoms with E-state index in [1.54, 1.807) is 12.1 Å². The minimum absolute atomic E-state index is 0.136. The van der Waals surface area contributed by atoms with Crippen molar-refractivity contribution < 1.29 is 4.39 Å². The van der Waals surface area contributed by atoms with Crippen LogP contribution in [0.3, 0.4) is 0 Å². The Bertz CT molecular complexity index is 266. The molecule has 1 atom stereocenters. The molecule has 0 fully saturated rings. The summed E-state index contributed by atoms with van der Waals surface area (Å²) in [5, 5.41) is 0. The number of hydrogen-bond acceptors (Lipinski definition) is 0. The highest BCUT2D eigenvalue weighted by Crippen LogP contribution is 2.18. The quantitative estimate of drug-likeness (QED) is 0.571. The summed E-state index contributed by atoms with van der Waals surface area (Å²) in [5.74, 6) is 0.327. The van der Waals surface area contributed by atoms with Crippen molar-refractivity contribution in [1.29, 1.82) is 0 Å². The molecule has 1 heteroatoms. The number of rotatable bonds is 3. The van der Waals surface area contributed by atoms with Gasteiger partial charge in [-0.15, -0.1) is 13.2 Å². The molecule has 0 heterocycles. The standard InChI is InChI=1S/C10H13F.C4H10.C2H4/c1-3-8(2)9-5-4-6-10(11)7-9;1-3-4-2;1-2/h4-8H,3H2,1-2H3;3-4H2,1-2H3;1-2H2. The Morgan fingerprint density at radius 3 is 2.00 bits per heavy atom. The second-order valence-electron chi connectivity index (χ2n) is 3.86. The van der Waals surface area contributed by atoms with Crippen LogP contribution in [0.2, 0.25) is 0 Å². The second kappa shape index (κ2) is 13.0. The molecule has 17 heavy (non-hydrogen) atoms. The molecule has 98 valence electrons. The Kier molecular flexibility index (Phi) is 13.9. The third kappa shape index (κ3) is 9.80. The van der Waals surface area contributed by atoms with Crippen LogP contribution in [-0.4, -0.2) is 0 Å². The molecule has 0 nitrogen and oxygen atoms in total. The minimum Gasteiger partial charge on any atom is -0.207 e. The molecule has 0 radical (unpaired) electrons. The fourth-order valence-corrected chi connectivity index (χ4v) is 1.05. The highest BCUT2D eigenvalue weighted by atomic mass is 19.1. The van der Waals surface area contributed by atoms with Crippen molar-refractivity contribution in [1.82, 2.24) is 0 Å². The zero-order valence-corrected chi connectivity index (χ0v) is 11.8. The molecule has 0 spiro atoms. The topological polar surface area (TPSA) is 0 Å². The van der Waals surface area contributed by atoms with Gasteiger partial charge >= 0.3 is 0 Å². The van der Waals surface area contributed by atoms with Gasteiger partial charge in [0.25, 0.3) is 0 Å². The Balaban J connectivity index is 0. The maximum atomic E-state index is 12.7. The first-order chi connectivity index (χ1) is 8.15. The van der Waals surface area contributed by atoms with Crippen LogP contribution < -0.4 is 0 Å². The lowest BCUT2D eigenvalue weighted by Crippen LogP contribution is -1.90. The summed E-state index contributed by atoms with van der Waals surface area (Å²) in [6.07, 6.45) is 3.70. The molecule has 0 aliphatic rings. The van der Waals surface area contributed by atoms with Gasteiger partial charge in [-0.2, -0.15) is 0 Å². The maximum absolute atomic E-state index is 12.7. The molecule has 0 aromatic heterocycles. The number of unbranched alkanes of at least 4 members (excludes halogenated alkanes) is 1. The zero-order chi connectivity index (χ0) is 13.7. The van der Waals surface area contributed by atoms with E-state index < -0.39 is 0 Å². The predicted molar refractivity (Wildman–Crippen MR) is 76.9 cm³/mol. The molecule has 0 saturated carbocycles. The summed E-state index contributed by atoms with van der Waals surface area (Å²) in [5.41, 5.74) is 1.09. The monoisotopic (exact) mass is 238 g/mol. The van der Waals surface area contributed by atoms with Gasteiger partial charge in [-0.1, -0.05) is 52.7 Å². The van der Waals surface area contributed by atoms with Gasteiger partial charge in [0.2, 0.25) is 0 Å². The first-order valence-electron chi connectivity index (χ1n) is 6.41. The van der Waals surface area contributed by atoms with Crippen molar-refractivity contribution >= 4 is 0 Å². The van der Waals surface area contributed by atoms with Gasteiger partial charge in [-0.25, -0.2) is 4.39 Å². The van der Waals surface area contributed by atoms with Crippen LogP contribution in [-0.2, 0) is 0 Å². The van der Waals surface area contributed by atoms with Crippen molar-refractivity contribution in [3.05, 3.63) is 48.8 Å². The van der Waals surface area contributed by atoms with Gasteiger partial charge in [0.1, 0.15) is 5.82 Å². The van der Waals surface area contributed by atoms with Gasteiger partial charge in [0.15, 0.2) is 0 Å². The average molecular weight is 238 g/mol. The number of benzene rings is 1. The van der Waals surface area contributed by atoms with Crippen LogP contribution in [0, 0.1) is 5.82 Å². The van der Waals surface area contributed by atoms with E-state index in [9.17, 15) is 4.39 Å². The van der Waals surface area contributed by atoms with Crippen LogP contribution in [0.4, 0.5) is 4.39 Å². The highest BCUT2D eigenvalue weighted by Gasteiger charge is 2.02. The van der Waals surface area contributed by atoms with Crippen molar-refractivity contribution in [2.45, 2.75) is 52.9 Å². The molecule has 0 aliphatic heterocycles. The molecule has 1 aromatic carbocycles. The Morgan fingerprint density at radius 2 is 1.65 bits per heavy atom. The summed E-state index contributed by atoms with van der Waals surface area (Å²) in [4.78, 5) is 0. The van der Waals surface area contributed by atoms with E-state index in [0.717, 1.165) is 12.0 Å². The van der Waals surface area contributed by atoms with Crippen LogP contribution in [0.15, 0.2) is 37.4 Å². The molecule has 0 saturated heterocycles. The largest absolute Gasteiger partial charge is 0.207 e. The van der Waals surface area contributed by atoms with Crippen LogP contribution in [0.5, 0.6) is 0 Å². The second-order valence-corrected chi connectivity index (χ2v) is 3.86. The third-order valence-corrected chi connectivity index (χ3v) is 2.53. The van der Waals surface area contributed by atoms with E-state index in [1.807, 2.05) is 6.07 Å². The van der Waals surface area contributed by atoms with Gasteiger partial charge in [-0.05, 0) is 30.0 Å². The fraction of sp³-hybridized carbons (Fsp3) is 0.500. The van der Waals surface area contributed by atoms with E-state index in [-0.39, 0.29) is 5.82 Å².